The molecular formula is C25H37N5O10. The van der Waals surface area contributed by atoms with Gasteiger partial charge in [0.05, 0.1) is 25.1 Å². The van der Waals surface area contributed by atoms with Crippen molar-refractivity contribution >= 4 is 35.6 Å². The quantitative estimate of drug-likeness (QED) is 0.104. The van der Waals surface area contributed by atoms with E-state index < -0.39 is 78.8 Å². The highest BCUT2D eigenvalue weighted by atomic mass is 16.4. The third-order valence-corrected chi connectivity index (χ3v) is 5.57. The van der Waals surface area contributed by atoms with Gasteiger partial charge < -0.3 is 47.4 Å². The van der Waals surface area contributed by atoms with E-state index in [4.69, 9.17) is 5.73 Å². The summed E-state index contributed by atoms with van der Waals surface area (Å²) in [4.78, 5) is 72.8. The number of hydrogen-bond donors (Lipinski definition) is 9. The molecule has 1 rings (SSSR count). The number of carbonyl (C=O) groups is 6. The molecule has 40 heavy (non-hydrogen) atoms. The molecule has 0 aromatic heterocycles. The zero-order valence-electron chi connectivity index (χ0n) is 22.4. The fraction of sp³-hybridized carbons (Fsp3) is 0.520. The number of carboxylic acids is 2. The van der Waals surface area contributed by atoms with Gasteiger partial charge in [-0.15, -0.1) is 0 Å². The van der Waals surface area contributed by atoms with Gasteiger partial charge in [-0.1, -0.05) is 26.0 Å². The molecule has 0 aliphatic heterocycles. The summed E-state index contributed by atoms with van der Waals surface area (Å²) in [5.41, 5.74) is 6.49. The van der Waals surface area contributed by atoms with Crippen molar-refractivity contribution in [2.24, 2.45) is 11.7 Å². The molecule has 1 aromatic rings. The molecule has 222 valence electrons. The lowest BCUT2D eigenvalue weighted by molar-refractivity contribution is -0.144. The van der Waals surface area contributed by atoms with Gasteiger partial charge in [0, 0.05) is 0 Å². The Morgan fingerprint density at radius 2 is 1.45 bits per heavy atom. The number of carbonyl (C=O) groups excluding carboxylic acids is 4. The molecule has 4 amide bonds. The Morgan fingerprint density at radius 3 is 1.95 bits per heavy atom. The van der Waals surface area contributed by atoms with E-state index in [-0.39, 0.29) is 24.5 Å². The number of phenolic OH excluding ortho intramolecular Hbond substituents is 1. The molecule has 0 unspecified atom stereocenters. The van der Waals surface area contributed by atoms with Crippen LogP contribution in [0.25, 0.3) is 0 Å². The van der Waals surface area contributed by atoms with Crippen LogP contribution in [0.5, 0.6) is 5.75 Å². The minimum absolute atomic E-state index is 0.0365. The summed E-state index contributed by atoms with van der Waals surface area (Å²) in [5.74, 6) is -6.65. The van der Waals surface area contributed by atoms with E-state index in [1.165, 1.54) is 12.1 Å². The zero-order chi connectivity index (χ0) is 30.6. The number of nitrogens with one attached hydrogen (secondary N) is 4. The summed E-state index contributed by atoms with van der Waals surface area (Å²) in [5, 5.41) is 46.7. The van der Waals surface area contributed by atoms with E-state index in [0.29, 0.717) is 5.56 Å². The van der Waals surface area contributed by atoms with Gasteiger partial charge in [0.25, 0.3) is 0 Å². The Hall–Kier alpha value is -4.24. The number of aliphatic hydroxyl groups excluding tert-OH is 1. The first-order valence-corrected chi connectivity index (χ1v) is 12.4. The summed E-state index contributed by atoms with van der Waals surface area (Å²) in [6.45, 7) is 3.98. The largest absolute Gasteiger partial charge is 0.508 e. The monoisotopic (exact) mass is 567 g/mol. The minimum atomic E-state index is -1.70. The van der Waals surface area contributed by atoms with Crippen molar-refractivity contribution in [3.05, 3.63) is 29.8 Å². The van der Waals surface area contributed by atoms with Crippen LogP contribution in [0.15, 0.2) is 24.3 Å². The van der Waals surface area contributed by atoms with Crippen LogP contribution in [0.2, 0.25) is 0 Å². The van der Waals surface area contributed by atoms with Crippen LogP contribution in [0, 0.1) is 5.92 Å². The molecule has 10 N–H and O–H groups in total. The maximum absolute atomic E-state index is 12.8. The summed E-state index contributed by atoms with van der Waals surface area (Å²) >= 11 is 0. The van der Waals surface area contributed by atoms with Gasteiger partial charge in [0.1, 0.15) is 23.9 Å². The van der Waals surface area contributed by atoms with Gasteiger partial charge in [-0.3, -0.25) is 24.0 Å². The van der Waals surface area contributed by atoms with E-state index in [9.17, 15) is 49.2 Å². The van der Waals surface area contributed by atoms with Crippen LogP contribution < -0.4 is 27.0 Å². The Balaban J connectivity index is 2.81. The molecule has 0 aliphatic rings. The first-order valence-electron chi connectivity index (χ1n) is 12.4. The third-order valence-electron chi connectivity index (χ3n) is 5.57. The minimum Gasteiger partial charge on any atom is -0.508 e. The van der Waals surface area contributed by atoms with Crippen molar-refractivity contribution in [1.82, 2.24) is 21.3 Å². The number of aliphatic carboxylic acids is 2. The molecule has 0 saturated carbocycles. The average Bonchev–Trinajstić information content (AvgIpc) is 2.85. The van der Waals surface area contributed by atoms with E-state index in [1.807, 2.05) is 0 Å². The lowest BCUT2D eigenvalue weighted by Crippen LogP contribution is -2.59. The molecule has 0 heterocycles. The van der Waals surface area contributed by atoms with Crippen molar-refractivity contribution in [3.8, 4) is 5.75 Å². The lowest BCUT2D eigenvalue weighted by Gasteiger charge is -2.26. The Labute approximate surface area is 230 Å². The molecule has 0 radical (unpaired) electrons. The van der Waals surface area contributed by atoms with Crippen molar-refractivity contribution in [3.63, 3.8) is 0 Å². The number of benzene rings is 1. The highest BCUT2D eigenvalue weighted by molar-refractivity contribution is 5.96. The zero-order valence-corrected chi connectivity index (χ0v) is 22.4. The van der Waals surface area contributed by atoms with E-state index in [2.05, 4.69) is 21.3 Å². The third kappa shape index (κ3) is 12.1. The predicted octanol–water partition coefficient (Wildman–Crippen LogP) is -2.18. The average molecular weight is 568 g/mol. The topological polar surface area (TPSA) is 257 Å². The molecule has 1 aromatic carbocycles. The Bertz CT molecular complexity index is 1060. The van der Waals surface area contributed by atoms with Crippen LogP contribution in [0.1, 0.15) is 39.2 Å². The number of rotatable bonds is 16. The number of amides is 4. The molecule has 15 heteroatoms. The maximum atomic E-state index is 12.8. The second kappa shape index (κ2) is 16.0. The highest BCUT2D eigenvalue weighted by Crippen LogP contribution is 2.11. The smallest absolute Gasteiger partial charge is 0.326 e. The highest BCUT2D eigenvalue weighted by Gasteiger charge is 2.33. The molecular weight excluding hydrogens is 530 g/mol. The second-order valence-electron chi connectivity index (χ2n) is 9.67. The molecule has 0 bridgehead atoms. The Morgan fingerprint density at radius 1 is 0.850 bits per heavy atom. The van der Waals surface area contributed by atoms with Gasteiger partial charge >= 0.3 is 11.9 Å². The number of aromatic hydroxyl groups is 1. The summed E-state index contributed by atoms with van der Waals surface area (Å²) in [7, 11) is 0. The van der Waals surface area contributed by atoms with Gasteiger partial charge in [0.2, 0.25) is 23.6 Å². The standard InChI is InChI=1S/C25H37N5O10/c1-12(2)8-18(25(39)40)29-24(38)21(13(3)31)30-23(37)17(10-20(34)35)28-19(33)11-27-22(36)16(26)9-14-4-6-15(32)7-5-14/h4-7,12-13,16-18,21,31-32H,8-11,26H2,1-3H3,(H,27,36)(H,28,33)(H,29,38)(H,30,37)(H,34,35)(H,39,40)/t13-,16+,17+,18+,21+/m1/s1. The number of nitrogens with two attached hydrogens (primary N) is 1. The van der Waals surface area contributed by atoms with Crippen LogP contribution >= 0.6 is 0 Å². The molecule has 0 fully saturated rings. The Kier molecular flexibility index (Phi) is 13.5. The van der Waals surface area contributed by atoms with Crippen molar-refractivity contribution in [2.75, 3.05) is 6.54 Å². The molecule has 5 atom stereocenters. The first kappa shape index (κ1) is 33.8. The fourth-order valence-electron chi connectivity index (χ4n) is 3.52. The van der Waals surface area contributed by atoms with Crippen LogP contribution in [0.4, 0.5) is 0 Å². The van der Waals surface area contributed by atoms with E-state index in [0.717, 1.165) is 6.92 Å². The second-order valence-corrected chi connectivity index (χ2v) is 9.67. The SMILES string of the molecule is CC(C)C[C@H](NC(=O)[C@@H](NC(=O)[C@H](CC(=O)O)NC(=O)CNC(=O)[C@@H](N)Cc1ccc(O)cc1)[C@@H](C)O)C(=O)O. The van der Waals surface area contributed by atoms with Crippen LogP contribution in [-0.2, 0) is 35.2 Å². The predicted molar refractivity (Wildman–Crippen MR) is 140 cm³/mol. The van der Waals surface area contributed by atoms with E-state index >= 15 is 0 Å². The molecule has 15 nitrogen and oxygen atoms in total. The van der Waals surface area contributed by atoms with Crippen molar-refractivity contribution in [2.45, 2.75) is 70.3 Å². The summed E-state index contributed by atoms with van der Waals surface area (Å²) < 4.78 is 0. The van der Waals surface area contributed by atoms with Crippen LogP contribution in [-0.4, -0.2) is 92.8 Å². The van der Waals surface area contributed by atoms with Gasteiger partial charge in [-0.2, -0.15) is 0 Å². The molecule has 0 saturated heterocycles. The van der Waals surface area contributed by atoms with Gasteiger partial charge in [-0.05, 0) is 43.4 Å². The molecule has 0 spiro atoms. The van der Waals surface area contributed by atoms with Crippen LogP contribution in [0.3, 0.4) is 0 Å². The maximum Gasteiger partial charge on any atom is 0.326 e. The summed E-state index contributed by atoms with van der Waals surface area (Å²) in [6.07, 6.45) is -2.23. The normalized spacial score (nSPS) is 14.7. The van der Waals surface area contributed by atoms with Crippen molar-refractivity contribution < 1.29 is 49.2 Å². The number of phenols is 1. The molecule has 0 aliphatic carbocycles. The first-order chi connectivity index (χ1) is 18.6. The fourth-order valence-corrected chi connectivity index (χ4v) is 3.52. The number of carboxylic acid groups (broad SMARTS) is 2. The summed E-state index contributed by atoms with van der Waals surface area (Å²) in [6, 6.07) is 0.260. The number of hydrogen-bond acceptors (Lipinski definition) is 9. The number of aliphatic hydroxyl groups is 1. The van der Waals surface area contributed by atoms with Gasteiger partial charge in [0.15, 0.2) is 0 Å². The lowest BCUT2D eigenvalue weighted by atomic mass is 10.0. The van der Waals surface area contributed by atoms with Gasteiger partial charge in [-0.25, -0.2) is 4.79 Å². The van der Waals surface area contributed by atoms with E-state index in [1.54, 1.807) is 26.0 Å². The van der Waals surface area contributed by atoms with Crippen molar-refractivity contribution in [1.29, 1.82) is 0 Å².